The van der Waals surface area contributed by atoms with Crippen molar-refractivity contribution in [3.63, 3.8) is 0 Å². The molecule has 32 heavy (non-hydrogen) atoms. The summed E-state index contributed by atoms with van der Waals surface area (Å²) < 4.78 is 4.85. The minimum atomic E-state index is -0.787. The highest BCUT2D eigenvalue weighted by Crippen LogP contribution is 2.17. The summed E-state index contributed by atoms with van der Waals surface area (Å²) in [5.41, 5.74) is 1.88. The molecule has 0 fully saturated rings. The number of carbonyl (C=O) groups is 3. The number of nitrogens with zero attached hydrogens (tertiary/aromatic N) is 1. The van der Waals surface area contributed by atoms with E-state index in [9.17, 15) is 14.4 Å². The second-order valence-electron chi connectivity index (χ2n) is 7.40. The molecule has 1 rings (SSSR count). The van der Waals surface area contributed by atoms with Crippen molar-refractivity contribution >= 4 is 58.4 Å². The van der Waals surface area contributed by atoms with Gasteiger partial charge in [0.1, 0.15) is 6.04 Å². The molecule has 0 spiro atoms. The van der Waals surface area contributed by atoms with Crippen molar-refractivity contribution in [3.05, 3.63) is 29.8 Å². The van der Waals surface area contributed by atoms with Crippen LogP contribution in [0.3, 0.4) is 0 Å². The number of benzene rings is 1. The highest BCUT2D eigenvalue weighted by Gasteiger charge is 2.22. The molecule has 2 N–H and O–H groups in total. The molecule has 2 amide bonds. The fourth-order valence-electron chi connectivity index (χ4n) is 2.95. The molecule has 7 nitrogen and oxygen atoms in total. The number of esters is 1. The van der Waals surface area contributed by atoms with Gasteiger partial charge in [0.25, 0.3) is 0 Å². The minimum Gasteiger partial charge on any atom is -0.467 e. The maximum absolute atomic E-state index is 12.3. The lowest BCUT2D eigenvalue weighted by atomic mass is 10.1. The number of halogens is 2. The molecule has 0 heterocycles. The fraction of sp³-hybridized carbons (Fsp3) is 0.591. The van der Waals surface area contributed by atoms with Crippen LogP contribution in [0.25, 0.3) is 0 Å². The number of amides is 2. The molecular weight excluding hydrogens is 473 g/mol. The molecule has 1 aromatic carbocycles. The SMILES string of the molecule is COC(=O)C(Cc1ccc(N(CCCl)CCCl)cc1)NC(=O)CSCCC(=O)NC(C)C. The first-order valence-corrected chi connectivity index (χ1v) is 12.7. The van der Waals surface area contributed by atoms with Gasteiger partial charge in [0.05, 0.1) is 12.9 Å². The number of alkyl halides is 2. The quantitative estimate of drug-likeness (QED) is 0.216. The minimum absolute atomic E-state index is 0.0422. The van der Waals surface area contributed by atoms with Crippen molar-refractivity contribution < 1.29 is 19.1 Å². The monoisotopic (exact) mass is 505 g/mol. The third-order valence-corrected chi connectivity index (χ3v) is 5.72. The van der Waals surface area contributed by atoms with E-state index < -0.39 is 12.0 Å². The van der Waals surface area contributed by atoms with E-state index in [1.54, 1.807) is 0 Å². The normalized spacial score (nSPS) is 11.7. The van der Waals surface area contributed by atoms with Gasteiger partial charge in [0.15, 0.2) is 0 Å². The van der Waals surface area contributed by atoms with E-state index >= 15 is 0 Å². The summed E-state index contributed by atoms with van der Waals surface area (Å²) in [4.78, 5) is 38.2. The van der Waals surface area contributed by atoms with Crippen LogP contribution < -0.4 is 15.5 Å². The van der Waals surface area contributed by atoms with Gasteiger partial charge in [-0.05, 0) is 31.5 Å². The number of ether oxygens (including phenoxy) is 1. The fourth-order valence-corrected chi connectivity index (χ4v) is 4.10. The maximum Gasteiger partial charge on any atom is 0.328 e. The number of hydrogen-bond donors (Lipinski definition) is 2. The zero-order valence-corrected chi connectivity index (χ0v) is 21.2. The van der Waals surface area contributed by atoms with Crippen LogP contribution in [0.4, 0.5) is 5.69 Å². The molecule has 0 saturated carbocycles. The van der Waals surface area contributed by atoms with E-state index in [1.807, 2.05) is 38.1 Å². The Morgan fingerprint density at radius 1 is 1.03 bits per heavy atom. The summed E-state index contributed by atoms with van der Waals surface area (Å²) in [6.45, 7) is 5.17. The first-order valence-electron chi connectivity index (χ1n) is 10.5. The standard InChI is InChI=1S/C22H33Cl2N3O4S/c1-16(2)25-20(28)8-13-32-15-21(29)26-19(22(30)31-3)14-17-4-6-18(7-5-17)27(11-9-23)12-10-24/h4-7,16,19H,8-15H2,1-3H3,(H,25,28)(H,26,29). The summed E-state index contributed by atoms with van der Waals surface area (Å²) in [6.07, 6.45) is 0.651. The molecule has 10 heteroatoms. The Bertz CT molecular complexity index is 714. The van der Waals surface area contributed by atoms with Crippen LogP contribution in [0.5, 0.6) is 0 Å². The summed E-state index contributed by atoms with van der Waals surface area (Å²) in [7, 11) is 1.29. The first kappa shape index (κ1) is 28.4. The van der Waals surface area contributed by atoms with Gasteiger partial charge in [-0.1, -0.05) is 12.1 Å². The Morgan fingerprint density at radius 3 is 2.19 bits per heavy atom. The summed E-state index contributed by atoms with van der Waals surface area (Å²) in [5, 5.41) is 5.54. The first-order chi connectivity index (χ1) is 15.3. The number of methoxy groups -OCH3 is 1. The highest BCUT2D eigenvalue weighted by molar-refractivity contribution is 7.99. The second-order valence-corrected chi connectivity index (χ2v) is 9.26. The smallest absolute Gasteiger partial charge is 0.328 e. The Labute approximate surface area is 204 Å². The topological polar surface area (TPSA) is 87.7 Å². The van der Waals surface area contributed by atoms with Crippen molar-refractivity contribution in [2.45, 2.75) is 38.8 Å². The predicted octanol–water partition coefficient (Wildman–Crippen LogP) is 2.82. The van der Waals surface area contributed by atoms with Gasteiger partial charge < -0.3 is 20.3 Å². The second kappa shape index (κ2) is 16.0. The predicted molar refractivity (Wildman–Crippen MR) is 133 cm³/mol. The number of nitrogens with one attached hydrogen (secondary N) is 2. The van der Waals surface area contributed by atoms with Gasteiger partial charge >= 0.3 is 5.97 Å². The molecule has 0 aromatic heterocycles. The number of anilines is 1. The van der Waals surface area contributed by atoms with E-state index in [-0.39, 0.29) is 23.6 Å². The zero-order chi connectivity index (χ0) is 23.9. The molecule has 0 radical (unpaired) electrons. The number of carbonyl (C=O) groups excluding carboxylic acids is 3. The lowest BCUT2D eigenvalue weighted by molar-refractivity contribution is -0.144. The summed E-state index contributed by atoms with van der Waals surface area (Å²) >= 11 is 13.1. The molecule has 1 atom stereocenters. The van der Waals surface area contributed by atoms with E-state index in [4.69, 9.17) is 27.9 Å². The highest BCUT2D eigenvalue weighted by atomic mass is 35.5. The van der Waals surface area contributed by atoms with Gasteiger partial charge in [-0.15, -0.1) is 23.2 Å². The van der Waals surface area contributed by atoms with E-state index in [0.29, 0.717) is 43.4 Å². The average molecular weight is 506 g/mol. The molecule has 0 bridgehead atoms. The molecule has 0 aliphatic carbocycles. The number of rotatable bonds is 15. The Hall–Kier alpha value is -1.64. The number of hydrogen-bond acceptors (Lipinski definition) is 6. The lowest BCUT2D eigenvalue weighted by Gasteiger charge is -2.23. The van der Waals surface area contributed by atoms with E-state index in [1.165, 1.54) is 18.9 Å². The van der Waals surface area contributed by atoms with Crippen LogP contribution in [-0.4, -0.2) is 73.3 Å². The third-order valence-electron chi connectivity index (χ3n) is 4.43. The third kappa shape index (κ3) is 11.3. The van der Waals surface area contributed by atoms with E-state index in [2.05, 4.69) is 15.5 Å². The zero-order valence-electron chi connectivity index (χ0n) is 18.9. The largest absolute Gasteiger partial charge is 0.467 e. The van der Waals surface area contributed by atoms with Crippen molar-refractivity contribution in [3.8, 4) is 0 Å². The Morgan fingerprint density at radius 2 is 1.66 bits per heavy atom. The molecule has 0 aliphatic heterocycles. The summed E-state index contributed by atoms with van der Waals surface area (Å²) in [5.74, 6) is 0.853. The summed E-state index contributed by atoms with van der Waals surface area (Å²) in [6, 6.07) is 7.02. The molecule has 1 aromatic rings. The van der Waals surface area contributed by atoms with Crippen LogP contribution in [-0.2, 0) is 25.5 Å². The van der Waals surface area contributed by atoms with E-state index in [0.717, 1.165) is 11.3 Å². The van der Waals surface area contributed by atoms with Crippen LogP contribution in [0.2, 0.25) is 0 Å². The Kier molecular flexibility index (Phi) is 14.2. The maximum atomic E-state index is 12.3. The van der Waals surface area contributed by atoms with Crippen molar-refractivity contribution in [2.75, 3.05) is 48.4 Å². The van der Waals surface area contributed by atoms with Gasteiger partial charge in [0.2, 0.25) is 11.8 Å². The number of thioether (sulfide) groups is 1. The molecule has 1 unspecified atom stereocenters. The van der Waals surface area contributed by atoms with Gasteiger partial charge in [-0.25, -0.2) is 4.79 Å². The van der Waals surface area contributed by atoms with Crippen molar-refractivity contribution in [1.82, 2.24) is 10.6 Å². The lowest BCUT2D eigenvalue weighted by Crippen LogP contribution is -2.43. The molecular formula is C22H33Cl2N3O4S. The average Bonchev–Trinajstić information content (AvgIpc) is 2.75. The van der Waals surface area contributed by atoms with Crippen LogP contribution in [0, 0.1) is 0 Å². The van der Waals surface area contributed by atoms with Gasteiger partial charge in [-0.2, -0.15) is 11.8 Å². The Balaban J connectivity index is 2.61. The molecule has 0 aliphatic rings. The van der Waals surface area contributed by atoms with Crippen LogP contribution in [0.15, 0.2) is 24.3 Å². The van der Waals surface area contributed by atoms with Crippen LogP contribution in [0.1, 0.15) is 25.8 Å². The van der Waals surface area contributed by atoms with Crippen LogP contribution >= 0.6 is 35.0 Å². The van der Waals surface area contributed by atoms with Crippen molar-refractivity contribution in [2.24, 2.45) is 0 Å². The van der Waals surface area contributed by atoms with Crippen molar-refractivity contribution in [1.29, 1.82) is 0 Å². The molecule has 180 valence electrons. The molecule has 0 saturated heterocycles. The van der Waals surface area contributed by atoms with Gasteiger partial charge in [0, 0.05) is 55.2 Å². The van der Waals surface area contributed by atoms with Gasteiger partial charge in [-0.3, -0.25) is 9.59 Å².